The Labute approximate surface area is 52.0 Å². The first kappa shape index (κ1) is 17.0. The summed E-state index contributed by atoms with van der Waals surface area (Å²) < 4.78 is 0. The van der Waals surface area contributed by atoms with Gasteiger partial charge in [-0.2, -0.15) is 14.2 Å². The largest absolute Gasteiger partial charge is 2.00 e. The second-order valence-electron chi connectivity index (χ2n) is 0. The van der Waals surface area contributed by atoms with Crippen molar-refractivity contribution in [3.8, 4) is 0 Å². The Kier molecular flexibility index (Phi) is 342. The van der Waals surface area contributed by atoms with E-state index in [0.29, 0.717) is 0 Å². The Morgan fingerprint density at radius 2 is 0.800 bits per heavy atom. The molecule has 0 saturated carbocycles. The molecule has 0 aromatic rings. The second kappa shape index (κ2) is 101. The van der Waals surface area contributed by atoms with Crippen molar-refractivity contribution < 1.29 is 37.5 Å². The molecule has 0 amide bonds. The number of hydrogen-bond acceptors (Lipinski definition) is 2. The predicted molar refractivity (Wildman–Crippen MR) is 11.8 cm³/mol. The number of rotatable bonds is 0. The molecule has 0 radical (unpaired) electrons. The summed E-state index contributed by atoms with van der Waals surface area (Å²) in [6, 6.07) is 0. The molecule has 0 saturated heterocycles. The van der Waals surface area contributed by atoms with Crippen molar-refractivity contribution in [2.45, 2.75) is 0 Å². The first-order chi connectivity index (χ1) is 2.00. The van der Waals surface area contributed by atoms with Crippen molar-refractivity contribution in [3.05, 3.63) is 0 Å². The van der Waals surface area contributed by atoms with Crippen molar-refractivity contribution in [1.82, 2.24) is 0 Å². The SMILES string of the molecule is C[O-].C[O-].[Cd+2]. The first-order valence-electron chi connectivity index (χ1n) is 0.816. The Morgan fingerprint density at radius 3 is 0.800 bits per heavy atom. The van der Waals surface area contributed by atoms with Gasteiger partial charge < -0.3 is 10.2 Å². The van der Waals surface area contributed by atoms with E-state index in [1.807, 2.05) is 0 Å². The molecule has 0 rings (SSSR count). The maximum atomic E-state index is 8.25. The molecule has 5 heavy (non-hydrogen) atoms. The monoisotopic (exact) mass is 176 g/mol. The molecule has 0 N–H and O–H groups in total. The van der Waals surface area contributed by atoms with Crippen LogP contribution in [0.25, 0.3) is 0 Å². The molecule has 0 heterocycles. The zero-order chi connectivity index (χ0) is 4.00. The maximum absolute atomic E-state index is 8.25. The summed E-state index contributed by atoms with van der Waals surface area (Å²) >= 11 is 0. The fourth-order valence-corrected chi connectivity index (χ4v) is 0. The van der Waals surface area contributed by atoms with Crippen LogP contribution in [0.1, 0.15) is 0 Å². The molecule has 2 nitrogen and oxygen atoms in total. The van der Waals surface area contributed by atoms with E-state index in [2.05, 4.69) is 0 Å². The quantitative estimate of drug-likeness (QED) is 0.397. The van der Waals surface area contributed by atoms with E-state index in [1.165, 1.54) is 0 Å². The molecule has 0 aromatic carbocycles. The topological polar surface area (TPSA) is 46.1 Å². The molecule has 3 heteroatoms. The summed E-state index contributed by atoms with van der Waals surface area (Å²) in [5.74, 6) is 0. The van der Waals surface area contributed by atoms with E-state index >= 15 is 0 Å². The summed E-state index contributed by atoms with van der Waals surface area (Å²) in [6.45, 7) is 0. The van der Waals surface area contributed by atoms with Gasteiger partial charge in [-0.3, -0.25) is 0 Å². The van der Waals surface area contributed by atoms with Gasteiger partial charge in [-0.25, -0.2) is 0 Å². The summed E-state index contributed by atoms with van der Waals surface area (Å²) in [5.41, 5.74) is 0. The third kappa shape index (κ3) is 55.2. The zero-order valence-electron chi connectivity index (χ0n) is 3.52. The molecule has 0 aliphatic carbocycles. The third-order valence-electron chi connectivity index (χ3n) is 0. The first-order valence-corrected chi connectivity index (χ1v) is 0.816. The summed E-state index contributed by atoms with van der Waals surface area (Å²) in [6.07, 6.45) is 0. The van der Waals surface area contributed by atoms with Gasteiger partial charge in [-0.15, -0.1) is 0 Å². The van der Waals surface area contributed by atoms with Gasteiger partial charge >= 0.3 is 27.3 Å². The maximum Gasteiger partial charge on any atom is 2.00 e. The standard InChI is InChI=1S/2CH3O.Cd/c2*1-2;/h2*1H3;/q2*-1;+2. The smallest absolute Gasteiger partial charge is 0.857 e. The molecule has 0 aliphatic heterocycles. The van der Waals surface area contributed by atoms with Crippen LogP contribution in [0.15, 0.2) is 0 Å². The van der Waals surface area contributed by atoms with Crippen LogP contribution in [0.2, 0.25) is 0 Å². The van der Waals surface area contributed by atoms with Crippen LogP contribution in [0.4, 0.5) is 0 Å². The molecule has 0 aromatic heterocycles. The van der Waals surface area contributed by atoms with E-state index in [-0.39, 0.29) is 27.3 Å². The average Bonchev–Trinajstić information content (AvgIpc) is 1.50. The van der Waals surface area contributed by atoms with Crippen molar-refractivity contribution in [3.63, 3.8) is 0 Å². The van der Waals surface area contributed by atoms with Gasteiger partial charge in [0.25, 0.3) is 0 Å². The van der Waals surface area contributed by atoms with E-state index in [1.54, 1.807) is 0 Å². The van der Waals surface area contributed by atoms with Crippen LogP contribution in [0, 0.1) is 0 Å². The van der Waals surface area contributed by atoms with Crippen LogP contribution in [-0.2, 0) is 27.3 Å². The average molecular weight is 174 g/mol. The van der Waals surface area contributed by atoms with Crippen LogP contribution in [0.3, 0.4) is 0 Å². The Morgan fingerprint density at radius 1 is 0.800 bits per heavy atom. The normalized spacial score (nSPS) is 2.40. The Hall–Kier alpha value is 0.842. The van der Waals surface area contributed by atoms with Crippen molar-refractivity contribution in [1.29, 1.82) is 0 Å². The van der Waals surface area contributed by atoms with E-state index in [4.69, 9.17) is 10.2 Å². The van der Waals surface area contributed by atoms with Crippen LogP contribution < -0.4 is 10.2 Å². The minimum atomic E-state index is 0. The molecular formula is C2H6CdO2. The van der Waals surface area contributed by atoms with E-state index in [9.17, 15) is 0 Å². The molecule has 0 fully saturated rings. The summed E-state index contributed by atoms with van der Waals surface area (Å²) in [5, 5.41) is 16.5. The Bertz CT molecular complexity index is 7.61. The van der Waals surface area contributed by atoms with Crippen molar-refractivity contribution in [2.75, 3.05) is 14.2 Å². The van der Waals surface area contributed by atoms with E-state index < -0.39 is 0 Å². The van der Waals surface area contributed by atoms with Gasteiger partial charge in [0.15, 0.2) is 0 Å². The molecule has 28 valence electrons. The van der Waals surface area contributed by atoms with Gasteiger partial charge in [0.05, 0.1) is 0 Å². The van der Waals surface area contributed by atoms with Gasteiger partial charge in [-0.05, 0) is 0 Å². The number of hydrogen-bond donors (Lipinski definition) is 0. The van der Waals surface area contributed by atoms with Crippen molar-refractivity contribution >= 4 is 0 Å². The summed E-state index contributed by atoms with van der Waals surface area (Å²) in [4.78, 5) is 0. The van der Waals surface area contributed by atoms with Crippen LogP contribution in [0.5, 0.6) is 0 Å². The molecule has 0 spiro atoms. The van der Waals surface area contributed by atoms with Gasteiger partial charge in [0.2, 0.25) is 0 Å². The minimum Gasteiger partial charge on any atom is -0.857 e. The third-order valence-corrected chi connectivity index (χ3v) is 0. The molecule has 0 unspecified atom stereocenters. The van der Waals surface area contributed by atoms with Crippen LogP contribution in [-0.4, -0.2) is 14.2 Å². The fraction of sp³-hybridized carbons (Fsp3) is 1.00. The van der Waals surface area contributed by atoms with Gasteiger partial charge in [0.1, 0.15) is 0 Å². The van der Waals surface area contributed by atoms with Crippen LogP contribution >= 0.6 is 0 Å². The molecule has 0 atom stereocenters. The molecular weight excluding hydrogens is 168 g/mol. The van der Waals surface area contributed by atoms with E-state index in [0.717, 1.165) is 14.2 Å². The summed E-state index contributed by atoms with van der Waals surface area (Å²) in [7, 11) is 1.50. The molecule has 0 aliphatic rings. The van der Waals surface area contributed by atoms with Gasteiger partial charge in [0, 0.05) is 0 Å². The zero-order valence-corrected chi connectivity index (χ0v) is 7.56. The second-order valence-corrected chi connectivity index (χ2v) is 0. The molecule has 0 bridgehead atoms. The Balaban J connectivity index is -0.0000000133. The van der Waals surface area contributed by atoms with Gasteiger partial charge in [-0.1, -0.05) is 0 Å². The predicted octanol–water partition coefficient (Wildman–Crippen LogP) is -2.05. The van der Waals surface area contributed by atoms with Crippen molar-refractivity contribution in [2.24, 2.45) is 0 Å². The minimum absolute atomic E-state index is 0. The fourth-order valence-electron chi connectivity index (χ4n) is 0.